The van der Waals surface area contributed by atoms with Gasteiger partial charge in [-0.1, -0.05) is 41.6 Å². The highest BCUT2D eigenvalue weighted by molar-refractivity contribution is 9.10. The van der Waals surface area contributed by atoms with Crippen LogP contribution in [0.2, 0.25) is 0 Å². The zero-order valence-electron chi connectivity index (χ0n) is 12.1. The fraction of sp³-hybridized carbons (Fsp3) is 0.625. The van der Waals surface area contributed by atoms with Crippen molar-refractivity contribution in [2.45, 2.75) is 50.6 Å². The molecule has 0 aliphatic heterocycles. The minimum absolute atomic E-state index is 0.0643. The second-order valence-corrected chi connectivity index (χ2v) is 6.39. The minimum Gasteiger partial charge on any atom is -0.496 e. The first-order chi connectivity index (χ1) is 9.74. The molecule has 0 amide bonds. The molecule has 1 aliphatic carbocycles. The molecule has 1 aliphatic rings. The van der Waals surface area contributed by atoms with Crippen molar-refractivity contribution in [3.8, 4) is 5.75 Å². The van der Waals surface area contributed by atoms with Gasteiger partial charge in [-0.05, 0) is 31.0 Å². The summed E-state index contributed by atoms with van der Waals surface area (Å²) in [6, 6.07) is 6.37. The molecule has 0 spiro atoms. The van der Waals surface area contributed by atoms with E-state index in [0.29, 0.717) is 6.04 Å². The molecule has 1 fully saturated rings. The molecular weight excluding hydrogens is 318 g/mol. The summed E-state index contributed by atoms with van der Waals surface area (Å²) in [5.74, 6) is 0.827. The van der Waals surface area contributed by atoms with Crippen molar-refractivity contribution >= 4 is 15.9 Å². The quantitative estimate of drug-likeness (QED) is 0.800. The zero-order chi connectivity index (χ0) is 14.4. The van der Waals surface area contributed by atoms with E-state index in [0.717, 1.165) is 15.8 Å². The Kier molecular flexibility index (Phi) is 6.33. The van der Waals surface area contributed by atoms with Crippen molar-refractivity contribution in [1.82, 2.24) is 5.32 Å². The molecule has 112 valence electrons. The van der Waals surface area contributed by atoms with Gasteiger partial charge in [-0.3, -0.25) is 0 Å². The average Bonchev–Trinajstić information content (AvgIpc) is 2.73. The second kappa shape index (κ2) is 8.01. The summed E-state index contributed by atoms with van der Waals surface area (Å²) in [5, 5.41) is 13.4. The van der Waals surface area contributed by atoms with Gasteiger partial charge in [-0.15, -0.1) is 0 Å². The van der Waals surface area contributed by atoms with Gasteiger partial charge < -0.3 is 15.2 Å². The Morgan fingerprint density at radius 3 is 2.60 bits per heavy atom. The summed E-state index contributed by atoms with van der Waals surface area (Å²) in [7, 11) is 1.67. The molecule has 0 bridgehead atoms. The van der Waals surface area contributed by atoms with Crippen molar-refractivity contribution in [3.63, 3.8) is 0 Å². The number of hydrogen-bond donors (Lipinski definition) is 2. The number of nitrogens with one attached hydrogen (secondary N) is 1. The Bertz CT molecular complexity index is 417. The van der Waals surface area contributed by atoms with Gasteiger partial charge in [0.15, 0.2) is 0 Å². The Balaban J connectivity index is 2.12. The lowest BCUT2D eigenvalue weighted by molar-refractivity contribution is 0.225. The largest absolute Gasteiger partial charge is 0.496 e. The highest BCUT2D eigenvalue weighted by Crippen LogP contribution is 2.30. The number of methoxy groups -OCH3 is 1. The maximum absolute atomic E-state index is 9.76. The SMILES string of the molecule is COc1ccc(Br)cc1C(CO)NC1CCCCCC1. The van der Waals surface area contributed by atoms with E-state index in [9.17, 15) is 5.11 Å². The number of hydrogen-bond acceptors (Lipinski definition) is 3. The van der Waals surface area contributed by atoms with Crippen LogP contribution >= 0.6 is 15.9 Å². The van der Waals surface area contributed by atoms with E-state index in [1.54, 1.807) is 7.11 Å². The van der Waals surface area contributed by atoms with Gasteiger partial charge in [0.05, 0.1) is 19.8 Å². The standard InChI is InChI=1S/C16H24BrNO2/c1-20-16-9-8-12(17)10-14(16)15(11-19)18-13-6-4-2-3-5-7-13/h8-10,13,15,18-19H,2-7,11H2,1H3. The smallest absolute Gasteiger partial charge is 0.123 e. The Labute approximate surface area is 129 Å². The molecule has 2 rings (SSSR count). The summed E-state index contributed by atoms with van der Waals surface area (Å²) >= 11 is 3.50. The lowest BCUT2D eigenvalue weighted by atomic mass is 10.0. The van der Waals surface area contributed by atoms with E-state index in [4.69, 9.17) is 4.74 Å². The van der Waals surface area contributed by atoms with Crippen LogP contribution in [0, 0.1) is 0 Å². The molecule has 1 unspecified atom stereocenters. The molecule has 1 atom stereocenters. The summed E-state index contributed by atoms with van der Waals surface area (Å²) in [5.41, 5.74) is 1.02. The van der Waals surface area contributed by atoms with Gasteiger partial charge in [-0.25, -0.2) is 0 Å². The van der Waals surface area contributed by atoms with Gasteiger partial charge in [0.2, 0.25) is 0 Å². The molecular formula is C16H24BrNO2. The van der Waals surface area contributed by atoms with Crippen molar-refractivity contribution in [2.24, 2.45) is 0 Å². The van der Waals surface area contributed by atoms with E-state index >= 15 is 0 Å². The Morgan fingerprint density at radius 1 is 1.30 bits per heavy atom. The van der Waals surface area contributed by atoms with Crippen LogP contribution in [-0.4, -0.2) is 24.9 Å². The molecule has 0 radical (unpaired) electrons. The van der Waals surface area contributed by atoms with Crippen molar-refractivity contribution < 1.29 is 9.84 Å². The fourth-order valence-electron chi connectivity index (χ4n) is 2.95. The third kappa shape index (κ3) is 4.21. The van der Waals surface area contributed by atoms with E-state index in [1.165, 1.54) is 38.5 Å². The van der Waals surface area contributed by atoms with Crippen molar-refractivity contribution in [2.75, 3.05) is 13.7 Å². The number of halogens is 1. The molecule has 4 heteroatoms. The molecule has 20 heavy (non-hydrogen) atoms. The summed E-state index contributed by atoms with van der Waals surface area (Å²) in [6.07, 6.45) is 7.64. The normalized spacial score (nSPS) is 18.6. The lowest BCUT2D eigenvalue weighted by Crippen LogP contribution is -2.34. The first-order valence-electron chi connectivity index (χ1n) is 7.45. The van der Waals surface area contributed by atoms with Crippen LogP contribution in [0.1, 0.15) is 50.1 Å². The molecule has 0 aromatic heterocycles. The number of aliphatic hydroxyl groups excluding tert-OH is 1. The predicted molar refractivity (Wildman–Crippen MR) is 85.1 cm³/mol. The maximum atomic E-state index is 9.76. The molecule has 1 aromatic rings. The average molecular weight is 342 g/mol. The van der Waals surface area contributed by atoms with Gasteiger partial charge >= 0.3 is 0 Å². The Hall–Kier alpha value is -0.580. The molecule has 1 aromatic carbocycles. The summed E-state index contributed by atoms with van der Waals surface area (Å²) < 4.78 is 6.43. The van der Waals surface area contributed by atoms with Gasteiger partial charge in [-0.2, -0.15) is 0 Å². The van der Waals surface area contributed by atoms with Gasteiger partial charge in [0, 0.05) is 16.1 Å². The van der Waals surface area contributed by atoms with Crippen LogP contribution in [-0.2, 0) is 0 Å². The number of benzene rings is 1. The number of ether oxygens (including phenoxy) is 1. The third-order valence-electron chi connectivity index (χ3n) is 4.04. The van der Waals surface area contributed by atoms with Crippen LogP contribution in [0.15, 0.2) is 22.7 Å². The highest BCUT2D eigenvalue weighted by Gasteiger charge is 2.20. The molecule has 2 N–H and O–H groups in total. The second-order valence-electron chi connectivity index (χ2n) is 5.48. The van der Waals surface area contributed by atoms with Crippen LogP contribution in [0.3, 0.4) is 0 Å². The van der Waals surface area contributed by atoms with Gasteiger partial charge in [0.25, 0.3) is 0 Å². The molecule has 0 saturated heterocycles. The Morgan fingerprint density at radius 2 is 2.00 bits per heavy atom. The third-order valence-corrected chi connectivity index (χ3v) is 4.54. The van der Waals surface area contributed by atoms with E-state index in [2.05, 4.69) is 21.2 Å². The molecule has 3 nitrogen and oxygen atoms in total. The van der Waals surface area contributed by atoms with Crippen molar-refractivity contribution in [3.05, 3.63) is 28.2 Å². The minimum atomic E-state index is -0.0643. The number of rotatable bonds is 5. The zero-order valence-corrected chi connectivity index (χ0v) is 13.7. The fourth-order valence-corrected chi connectivity index (χ4v) is 3.33. The highest BCUT2D eigenvalue weighted by atomic mass is 79.9. The van der Waals surface area contributed by atoms with E-state index in [1.807, 2.05) is 18.2 Å². The van der Waals surface area contributed by atoms with Crippen molar-refractivity contribution in [1.29, 1.82) is 0 Å². The lowest BCUT2D eigenvalue weighted by Gasteiger charge is -2.25. The first kappa shape index (κ1) is 15.8. The first-order valence-corrected chi connectivity index (χ1v) is 8.24. The number of aliphatic hydroxyl groups is 1. The van der Waals surface area contributed by atoms with Crippen LogP contribution in [0.4, 0.5) is 0 Å². The topological polar surface area (TPSA) is 41.5 Å². The van der Waals surface area contributed by atoms with Gasteiger partial charge in [0.1, 0.15) is 5.75 Å². The summed E-state index contributed by atoms with van der Waals surface area (Å²) in [4.78, 5) is 0. The van der Waals surface area contributed by atoms with E-state index in [-0.39, 0.29) is 12.6 Å². The van der Waals surface area contributed by atoms with E-state index < -0.39 is 0 Å². The molecule has 1 saturated carbocycles. The van der Waals surface area contributed by atoms with Crippen LogP contribution in [0.5, 0.6) is 5.75 Å². The van der Waals surface area contributed by atoms with Crippen LogP contribution < -0.4 is 10.1 Å². The summed E-state index contributed by atoms with van der Waals surface area (Å²) in [6.45, 7) is 0.0866. The molecule has 0 heterocycles. The monoisotopic (exact) mass is 341 g/mol. The van der Waals surface area contributed by atoms with Crippen LogP contribution in [0.25, 0.3) is 0 Å². The maximum Gasteiger partial charge on any atom is 0.123 e. The predicted octanol–water partition coefficient (Wildman–Crippen LogP) is 3.80.